The van der Waals surface area contributed by atoms with Crippen molar-refractivity contribution in [1.29, 1.82) is 0 Å². The summed E-state index contributed by atoms with van der Waals surface area (Å²) in [6.07, 6.45) is 1.57. The summed E-state index contributed by atoms with van der Waals surface area (Å²) < 4.78 is 53.6. The summed E-state index contributed by atoms with van der Waals surface area (Å²) in [4.78, 5) is 21.5. The van der Waals surface area contributed by atoms with E-state index in [4.69, 9.17) is 11.6 Å². The van der Waals surface area contributed by atoms with Crippen LogP contribution >= 0.6 is 22.9 Å². The Labute approximate surface area is 231 Å². The first-order chi connectivity index (χ1) is 18.0. The molecule has 1 amide bonds. The first-order valence-electron chi connectivity index (χ1n) is 11.8. The zero-order valence-electron chi connectivity index (χ0n) is 20.7. The Morgan fingerprint density at radius 3 is 2.39 bits per heavy atom. The van der Waals surface area contributed by atoms with E-state index in [1.54, 1.807) is 46.7 Å². The van der Waals surface area contributed by atoms with Gasteiger partial charge in [-0.1, -0.05) is 23.7 Å². The topological polar surface area (TPSA) is 111 Å². The van der Waals surface area contributed by atoms with Gasteiger partial charge in [-0.15, -0.1) is 11.3 Å². The van der Waals surface area contributed by atoms with Crippen LogP contribution in [-0.4, -0.2) is 78.1 Å². The van der Waals surface area contributed by atoms with Gasteiger partial charge >= 0.3 is 0 Å². The van der Waals surface area contributed by atoms with Crippen molar-refractivity contribution in [3.8, 4) is 0 Å². The molecule has 10 nitrogen and oxygen atoms in total. The number of carbonyl (C=O) groups is 1. The van der Waals surface area contributed by atoms with Crippen molar-refractivity contribution in [2.75, 3.05) is 60.1 Å². The molecular weight excluding hydrogens is 570 g/mol. The first-order valence-corrected chi connectivity index (χ1v) is 16.4. The number of amides is 1. The molecule has 3 heterocycles. The average molecular weight is 596 g/mol. The summed E-state index contributed by atoms with van der Waals surface area (Å²) in [5, 5.41) is 2.96. The largest absolute Gasteiger partial charge is 0.345 e. The Morgan fingerprint density at radius 1 is 1.03 bits per heavy atom. The smallest absolute Gasteiger partial charge is 0.260 e. The summed E-state index contributed by atoms with van der Waals surface area (Å²) >= 11 is 7.36. The molecule has 38 heavy (non-hydrogen) atoms. The molecule has 0 bridgehead atoms. The lowest BCUT2D eigenvalue weighted by molar-refractivity contribution is 0.0990. The number of hydrogen-bond donors (Lipinski definition) is 0. The quantitative estimate of drug-likeness (QED) is 0.431. The number of aromatic nitrogens is 1. The molecule has 0 saturated carbocycles. The minimum absolute atomic E-state index is 0.188. The van der Waals surface area contributed by atoms with Crippen LogP contribution in [0.2, 0.25) is 5.15 Å². The van der Waals surface area contributed by atoms with Crippen molar-refractivity contribution >= 4 is 65.4 Å². The SMILES string of the molecule is CN(c1ccccc1C(=O)N1CCc2cc(S(=O)(=O)N3CCN(c4nc(Cl)cs4)CC3)ccc21)S(C)(=O)=O. The van der Waals surface area contributed by atoms with Gasteiger partial charge in [0.1, 0.15) is 5.15 Å². The molecule has 0 unspecified atom stereocenters. The summed E-state index contributed by atoms with van der Waals surface area (Å²) in [5.41, 5.74) is 1.91. The van der Waals surface area contributed by atoms with Gasteiger partial charge in [-0.2, -0.15) is 4.31 Å². The average Bonchev–Trinajstić information content (AvgIpc) is 3.53. The summed E-state index contributed by atoms with van der Waals surface area (Å²) in [6.45, 7) is 2.04. The van der Waals surface area contributed by atoms with E-state index in [9.17, 15) is 21.6 Å². The van der Waals surface area contributed by atoms with Crippen molar-refractivity contribution in [3.63, 3.8) is 0 Å². The number of nitrogens with zero attached hydrogens (tertiary/aromatic N) is 5. The van der Waals surface area contributed by atoms with Crippen molar-refractivity contribution < 1.29 is 21.6 Å². The number of thiazole rings is 1. The predicted octanol–water partition coefficient (Wildman–Crippen LogP) is 2.91. The maximum absolute atomic E-state index is 13.5. The fourth-order valence-corrected chi connectivity index (χ4v) is 7.65. The van der Waals surface area contributed by atoms with E-state index in [0.717, 1.165) is 21.3 Å². The molecule has 0 atom stereocenters. The fourth-order valence-electron chi connectivity index (χ4n) is 4.66. The number of fused-ring (bicyclic) bond motifs is 1. The summed E-state index contributed by atoms with van der Waals surface area (Å²) in [5.74, 6) is -0.344. The molecular formula is C24H26ClN5O5S3. The molecule has 2 aliphatic rings. The van der Waals surface area contributed by atoms with Crippen molar-refractivity contribution in [3.05, 3.63) is 64.1 Å². The summed E-state index contributed by atoms with van der Waals surface area (Å²) in [6, 6.07) is 11.4. The number of hydrogen-bond acceptors (Lipinski definition) is 8. The molecule has 5 rings (SSSR count). The third-order valence-corrected chi connectivity index (χ3v) is 11.1. The second-order valence-corrected chi connectivity index (χ2v) is 14.3. The Morgan fingerprint density at radius 2 is 1.74 bits per heavy atom. The molecule has 202 valence electrons. The zero-order chi connectivity index (χ0) is 27.2. The van der Waals surface area contributed by atoms with Crippen molar-refractivity contribution in [1.82, 2.24) is 9.29 Å². The number of anilines is 3. The van der Waals surface area contributed by atoms with Gasteiger partial charge in [-0.05, 0) is 42.3 Å². The van der Waals surface area contributed by atoms with Gasteiger partial charge in [-0.3, -0.25) is 9.10 Å². The van der Waals surface area contributed by atoms with Crippen LogP contribution in [-0.2, 0) is 26.5 Å². The number of piperazine rings is 1. The van der Waals surface area contributed by atoms with Crippen LogP contribution < -0.4 is 14.1 Å². The number of rotatable bonds is 6. The zero-order valence-corrected chi connectivity index (χ0v) is 23.9. The first kappa shape index (κ1) is 26.9. The fraction of sp³-hybridized carbons (Fsp3) is 0.333. The number of carbonyl (C=O) groups excluding carboxylic acids is 1. The third-order valence-electron chi connectivity index (χ3n) is 6.77. The van der Waals surface area contributed by atoms with Crippen LogP contribution in [0, 0.1) is 0 Å². The second-order valence-electron chi connectivity index (χ2n) is 9.09. The second kappa shape index (κ2) is 10.1. The lowest BCUT2D eigenvalue weighted by Gasteiger charge is -2.33. The van der Waals surface area contributed by atoms with E-state index in [-0.39, 0.29) is 22.1 Å². The van der Waals surface area contributed by atoms with Crippen LogP contribution in [0.15, 0.2) is 52.7 Å². The van der Waals surface area contributed by atoms with E-state index in [2.05, 4.69) is 4.98 Å². The van der Waals surface area contributed by atoms with E-state index in [1.165, 1.54) is 28.8 Å². The monoisotopic (exact) mass is 595 g/mol. The highest BCUT2D eigenvalue weighted by Gasteiger charge is 2.33. The minimum Gasteiger partial charge on any atom is -0.345 e. The van der Waals surface area contributed by atoms with Gasteiger partial charge in [0.2, 0.25) is 20.0 Å². The van der Waals surface area contributed by atoms with E-state index in [1.807, 2.05) is 4.90 Å². The molecule has 0 spiro atoms. The highest BCUT2D eigenvalue weighted by Crippen LogP contribution is 2.34. The van der Waals surface area contributed by atoms with Crippen molar-refractivity contribution in [2.45, 2.75) is 11.3 Å². The molecule has 1 fully saturated rings. The summed E-state index contributed by atoms with van der Waals surface area (Å²) in [7, 11) is -5.88. The Hall–Kier alpha value is -2.71. The van der Waals surface area contributed by atoms with Gasteiger partial charge in [0.15, 0.2) is 5.13 Å². The van der Waals surface area contributed by atoms with Gasteiger partial charge < -0.3 is 9.80 Å². The number of benzene rings is 2. The van der Waals surface area contributed by atoms with Gasteiger partial charge in [0.25, 0.3) is 5.91 Å². The lowest BCUT2D eigenvalue weighted by Crippen LogP contribution is -2.48. The van der Waals surface area contributed by atoms with E-state index < -0.39 is 20.0 Å². The minimum atomic E-state index is -3.72. The van der Waals surface area contributed by atoms with Gasteiger partial charge in [0, 0.05) is 50.8 Å². The standard InChI is InChI=1S/C24H26ClN5O5S3/c1-27(37(2,32)33)21-6-4-3-5-19(21)23(31)30-10-9-17-15-18(7-8-20(17)30)38(34,35)29-13-11-28(12-14-29)24-26-22(25)16-36-24/h3-8,15-16H,9-14H2,1-2H3. The highest BCUT2D eigenvalue weighted by molar-refractivity contribution is 7.92. The molecule has 0 aliphatic carbocycles. The molecule has 3 aromatic rings. The predicted molar refractivity (Wildman–Crippen MR) is 150 cm³/mol. The Kier molecular flexibility index (Phi) is 7.16. The number of sulfonamides is 2. The molecule has 1 saturated heterocycles. The molecule has 2 aliphatic heterocycles. The maximum atomic E-state index is 13.5. The maximum Gasteiger partial charge on any atom is 0.260 e. The van der Waals surface area contributed by atoms with Gasteiger partial charge in [-0.25, -0.2) is 21.8 Å². The lowest BCUT2D eigenvalue weighted by atomic mass is 10.1. The Balaban J connectivity index is 1.35. The Bertz CT molecular complexity index is 1600. The van der Waals surface area contributed by atoms with Crippen LogP contribution in [0.4, 0.5) is 16.5 Å². The molecule has 0 N–H and O–H groups in total. The molecule has 14 heteroatoms. The number of para-hydroxylation sites is 1. The van der Waals surface area contributed by atoms with Crippen LogP contribution in [0.25, 0.3) is 0 Å². The van der Waals surface area contributed by atoms with Crippen LogP contribution in [0.5, 0.6) is 0 Å². The molecule has 0 radical (unpaired) electrons. The van der Waals surface area contributed by atoms with Crippen molar-refractivity contribution in [2.24, 2.45) is 0 Å². The van der Waals surface area contributed by atoms with E-state index >= 15 is 0 Å². The van der Waals surface area contributed by atoms with Gasteiger partial charge in [0.05, 0.1) is 22.4 Å². The van der Waals surface area contributed by atoms with Crippen LogP contribution in [0.1, 0.15) is 15.9 Å². The third kappa shape index (κ3) is 5.00. The number of halogens is 1. The normalized spacial score (nSPS) is 16.5. The van der Waals surface area contributed by atoms with Crippen LogP contribution in [0.3, 0.4) is 0 Å². The highest BCUT2D eigenvalue weighted by atomic mass is 35.5. The molecule has 2 aromatic carbocycles. The van der Waals surface area contributed by atoms with E-state index in [0.29, 0.717) is 50.0 Å². The molecule has 1 aromatic heterocycles.